The minimum Gasteiger partial charge on any atom is -0.356 e. The summed E-state index contributed by atoms with van der Waals surface area (Å²) < 4.78 is 0. The Bertz CT molecular complexity index is 1180. The van der Waals surface area contributed by atoms with Gasteiger partial charge in [-0.1, -0.05) is 30.3 Å². The number of hydrogen-bond donors (Lipinski definition) is 1. The van der Waals surface area contributed by atoms with E-state index in [1.165, 1.54) is 53.5 Å². The summed E-state index contributed by atoms with van der Waals surface area (Å²) in [6.07, 6.45) is 12.3. The number of aromatic amines is 1. The summed E-state index contributed by atoms with van der Waals surface area (Å²) in [7, 11) is 0. The number of anilines is 1. The van der Waals surface area contributed by atoms with Crippen LogP contribution in [-0.4, -0.2) is 33.3 Å². The Hall–Kier alpha value is -2.73. The summed E-state index contributed by atoms with van der Waals surface area (Å²) in [6, 6.07) is 10.9. The molecule has 1 aliphatic carbocycles. The van der Waals surface area contributed by atoms with Crippen molar-refractivity contribution in [2.24, 2.45) is 5.92 Å². The van der Waals surface area contributed by atoms with Crippen molar-refractivity contribution in [1.29, 1.82) is 0 Å². The highest BCUT2D eigenvalue weighted by atomic mass is 32.1. The minimum atomic E-state index is 0.660. The molecule has 1 N–H and O–H groups in total. The number of thiophene rings is 1. The average Bonchev–Trinajstić information content (AvgIpc) is 3.47. The van der Waals surface area contributed by atoms with Gasteiger partial charge in [0.1, 0.15) is 10.6 Å². The highest BCUT2D eigenvalue weighted by molar-refractivity contribution is 7.19. The molecule has 0 unspecified atom stereocenters. The zero-order valence-electron chi connectivity index (χ0n) is 17.7. The standard InChI is InChI=1S/C25H27N5S/c1-2-7-17(8-3-1)13-18-9-6-12-30(16-18)24-22-20-10-4-5-11-21(20)31-25(22)29-23(28-24)19-14-26-27-15-19/h1-3,7-8,14-15,18H,4-6,9-13,16H2,(H,26,27)/t18-/m0/s1. The third-order valence-corrected chi connectivity index (χ3v) is 7.92. The lowest BCUT2D eigenvalue weighted by Gasteiger charge is -2.34. The molecule has 158 valence electrons. The third kappa shape index (κ3) is 3.63. The van der Waals surface area contributed by atoms with Crippen molar-refractivity contribution in [3.8, 4) is 11.4 Å². The zero-order valence-corrected chi connectivity index (χ0v) is 18.5. The molecule has 1 fully saturated rings. The summed E-state index contributed by atoms with van der Waals surface area (Å²) >= 11 is 1.88. The zero-order chi connectivity index (χ0) is 20.6. The molecule has 0 spiro atoms. The van der Waals surface area contributed by atoms with Gasteiger partial charge in [0, 0.05) is 24.2 Å². The van der Waals surface area contributed by atoms with E-state index in [4.69, 9.17) is 9.97 Å². The Morgan fingerprint density at radius 2 is 1.97 bits per heavy atom. The first kappa shape index (κ1) is 19.0. The fourth-order valence-electron chi connectivity index (χ4n) is 5.24. The first-order valence-corrected chi connectivity index (χ1v) is 12.3. The van der Waals surface area contributed by atoms with E-state index in [-0.39, 0.29) is 0 Å². The molecule has 0 amide bonds. The number of benzene rings is 1. The molecule has 5 nitrogen and oxygen atoms in total. The van der Waals surface area contributed by atoms with Gasteiger partial charge in [-0.25, -0.2) is 9.97 Å². The molecule has 4 heterocycles. The highest BCUT2D eigenvalue weighted by Gasteiger charge is 2.27. The van der Waals surface area contributed by atoms with Crippen LogP contribution in [0, 0.1) is 5.92 Å². The van der Waals surface area contributed by atoms with E-state index in [9.17, 15) is 0 Å². The van der Waals surface area contributed by atoms with Crippen molar-refractivity contribution < 1.29 is 0 Å². The van der Waals surface area contributed by atoms with Gasteiger partial charge in [0.25, 0.3) is 0 Å². The number of rotatable bonds is 4. The lowest BCUT2D eigenvalue weighted by molar-refractivity contribution is 0.412. The van der Waals surface area contributed by atoms with Crippen LogP contribution in [0.1, 0.15) is 41.7 Å². The molecule has 4 aromatic rings. The molecule has 1 saturated heterocycles. The van der Waals surface area contributed by atoms with Gasteiger partial charge >= 0.3 is 0 Å². The molecule has 0 saturated carbocycles. The van der Waals surface area contributed by atoms with Crippen molar-refractivity contribution in [1.82, 2.24) is 20.2 Å². The van der Waals surface area contributed by atoms with Gasteiger partial charge in [-0.05, 0) is 62.0 Å². The largest absolute Gasteiger partial charge is 0.356 e. The lowest BCUT2D eigenvalue weighted by atomic mass is 9.91. The average molecular weight is 430 g/mol. The predicted octanol–water partition coefficient (Wildman–Crippen LogP) is 5.42. The second kappa shape index (κ2) is 8.08. The fourth-order valence-corrected chi connectivity index (χ4v) is 6.50. The van der Waals surface area contributed by atoms with Crippen molar-refractivity contribution in [3.63, 3.8) is 0 Å². The maximum atomic E-state index is 5.15. The summed E-state index contributed by atoms with van der Waals surface area (Å²) in [5, 5.41) is 8.37. The summed E-state index contributed by atoms with van der Waals surface area (Å²) in [6.45, 7) is 2.14. The molecular weight excluding hydrogens is 402 g/mol. The number of fused-ring (bicyclic) bond motifs is 3. The monoisotopic (exact) mass is 429 g/mol. The number of piperidine rings is 1. The van der Waals surface area contributed by atoms with Gasteiger partial charge in [0.2, 0.25) is 0 Å². The summed E-state index contributed by atoms with van der Waals surface area (Å²) in [4.78, 5) is 15.4. The molecule has 1 atom stereocenters. The number of nitrogens with zero attached hydrogens (tertiary/aromatic N) is 4. The van der Waals surface area contributed by atoms with Crippen LogP contribution in [0.5, 0.6) is 0 Å². The number of nitrogens with one attached hydrogen (secondary N) is 1. The van der Waals surface area contributed by atoms with Crippen molar-refractivity contribution >= 4 is 27.4 Å². The lowest BCUT2D eigenvalue weighted by Crippen LogP contribution is -2.37. The van der Waals surface area contributed by atoms with Gasteiger partial charge in [-0.15, -0.1) is 11.3 Å². The Morgan fingerprint density at radius 3 is 2.84 bits per heavy atom. The van der Waals surface area contributed by atoms with Crippen molar-refractivity contribution in [2.75, 3.05) is 18.0 Å². The molecular formula is C25H27N5S. The van der Waals surface area contributed by atoms with Crippen LogP contribution in [0.4, 0.5) is 5.82 Å². The van der Waals surface area contributed by atoms with Crippen LogP contribution in [0.2, 0.25) is 0 Å². The maximum absolute atomic E-state index is 5.15. The van der Waals surface area contributed by atoms with Crippen LogP contribution in [-0.2, 0) is 19.3 Å². The highest BCUT2D eigenvalue weighted by Crippen LogP contribution is 2.41. The molecule has 0 radical (unpaired) electrons. The van der Waals surface area contributed by atoms with Crippen LogP contribution in [0.3, 0.4) is 0 Å². The normalized spacial score (nSPS) is 19.0. The van der Waals surface area contributed by atoms with Crippen molar-refractivity contribution in [2.45, 2.75) is 44.9 Å². The number of aromatic nitrogens is 4. The predicted molar refractivity (Wildman–Crippen MR) is 127 cm³/mol. The molecule has 1 aromatic carbocycles. The van der Waals surface area contributed by atoms with E-state index >= 15 is 0 Å². The first-order chi connectivity index (χ1) is 15.3. The van der Waals surface area contributed by atoms with Gasteiger partial charge in [-0.3, -0.25) is 5.10 Å². The topological polar surface area (TPSA) is 57.7 Å². The molecule has 0 bridgehead atoms. The van der Waals surface area contributed by atoms with E-state index in [0.717, 1.165) is 48.0 Å². The number of H-pyrrole nitrogens is 1. The Kier molecular flexibility index (Phi) is 4.95. The van der Waals surface area contributed by atoms with Gasteiger partial charge in [0.15, 0.2) is 5.82 Å². The Morgan fingerprint density at radius 1 is 1.06 bits per heavy atom. The molecule has 1 aliphatic heterocycles. The van der Waals surface area contributed by atoms with Crippen molar-refractivity contribution in [3.05, 3.63) is 58.7 Å². The fraction of sp³-hybridized carbons (Fsp3) is 0.400. The smallest absolute Gasteiger partial charge is 0.166 e. The van der Waals surface area contributed by atoms with E-state index in [1.54, 1.807) is 0 Å². The minimum absolute atomic E-state index is 0.660. The van der Waals surface area contributed by atoms with E-state index in [2.05, 4.69) is 45.4 Å². The van der Waals surface area contributed by atoms with Gasteiger partial charge in [-0.2, -0.15) is 5.10 Å². The van der Waals surface area contributed by atoms with E-state index in [0.29, 0.717) is 5.92 Å². The first-order valence-electron chi connectivity index (χ1n) is 11.5. The molecule has 31 heavy (non-hydrogen) atoms. The quantitative estimate of drug-likeness (QED) is 0.471. The third-order valence-electron chi connectivity index (χ3n) is 6.74. The number of aryl methyl sites for hydroxylation is 2. The van der Waals surface area contributed by atoms with E-state index in [1.807, 2.05) is 23.7 Å². The summed E-state index contributed by atoms with van der Waals surface area (Å²) in [5.74, 6) is 2.60. The van der Waals surface area contributed by atoms with Crippen LogP contribution in [0.15, 0.2) is 42.7 Å². The second-order valence-corrected chi connectivity index (χ2v) is 9.98. The molecule has 2 aliphatic rings. The second-order valence-electron chi connectivity index (χ2n) is 8.89. The number of hydrogen-bond acceptors (Lipinski definition) is 5. The SMILES string of the molecule is c1ccc(C[C@@H]2CCCN(c3nc(-c4cn[nH]c4)nc4sc5c(c34)CCCC5)C2)cc1. The Balaban J connectivity index is 1.41. The Labute approximate surface area is 186 Å². The van der Waals surface area contributed by atoms with Crippen LogP contribution < -0.4 is 4.90 Å². The van der Waals surface area contributed by atoms with Gasteiger partial charge in [0.05, 0.1) is 17.1 Å². The molecule has 3 aromatic heterocycles. The van der Waals surface area contributed by atoms with E-state index < -0.39 is 0 Å². The maximum Gasteiger partial charge on any atom is 0.166 e. The molecule has 6 rings (SSSR count). The summed E-state index contributed by atoms with van der Waals surface area (Å²) in [5.41, 5.74) is 3.92. The van der Waals surface area contributed by atoms with Crippen LogP contribution >= 0.6 is 11.3 Å². The molecule has 6 heteroatoms. The van der Waals surface area contributed by atoms with Gasteiger partial charge < -0.3 is 4.90 Å². The van der Waals surface area contributed by atoms with Crippen LogP contribution in [0.25, 0.3) is 21.6 Å².